The molecule has 0 atom stereocenters. The summed E-state index contributed by atoms with van der Waals surface area (Å²) in [7, 11) is 0. The van der Waals surface area contributed by atoms with E-state index in [0.29, 0.717) is 31.5 Å². The van der Waals surface area contributed by atoms with E-state index in [1.807, 2.05) is 13.1 Å². The van der Waals surface area contributed by atoms with Crippen molar-refractivity contribution in [3.05, 3.63) is 52.0 Å². The summed E-state index contributed by atoms with van der Waals surface area (Å²) in [6.45, 7) is 2.92. The van der Waals surface area contributed by atoms with E-state index in [9.17, 15) is 9.18 Å². The number of benzene rings is 1. The molecule has 21 heavy (non-hydrogen) atoms. The molecule has 0 aliphatic carbocycles. The van der Waals surface area contributed by atoms with E-state index in [2.05, 4.69) is 26.3 Å². The number of carbonyl (C=O) groups excluding carboxylic acids is 1. The van der Waals surface area contributed by atoms with Crippen LogP contribution in [0, 0.1) is 12.7 Å². The number of carbonyl (C=O) groups is 1. The quantitative estimate of drug-likeness (QED) is 0.867. The molecule has 0 aliphatic heterocycles. The van der Waals surface area contributed by atoms with E-state index in [0.717, 1.165) is 10.0 Å². The summed E-state index contributed by atoms with van der Waals surface area (Å²) in [5, 5.41) is 6.91. The van der Waals surface area contributed by atoms with Crippen LogP contribution in [0.3, 0.4) is 0 Å². The SMILES string of the molecule is Cc1cnn(CCC(=O)NCCc2cc(Br)ccc2F)c1. The largest absolute Gasteiger partial charge is 0.356 e. The van der Waals surface area contributed by atoms with E-state index < -0.39 is 0 Å². The van der Waals surface area contributed by atoms with Crippen LogP contribution < -0.4 is 5.32 Å². The summed E-state index contributed by atoms with van der Waals surface area (Å²) in [5.41, 5.74) is 1.66. The molecule has 6 heteroatoms. The smallest absolute Gasteiger partial charge is 0.221 e. The Hall–Kier alpha value is -1.69. The average Bonchev–Trinajstić information content (AvgIpc) is 2.86. The Labute approximate surface area is 131 Å². The van der Waals surface area contributed by atoms with Crippen LogP contribution in [0.25, 0.3) is 0 Å². The van der Waals surface area contributed by atoms with Crippen LogP contribution in [0.2, 0.25) is 0 Å². The summed E-state index contributed by atoms with van der Waals surface area (Å²) in [6, 6.07) is 4.80. The highest BCUT2D eigenvalue weighted by molar-refractivity contribution is 9.10. The number of hydrogen-bond donors (Lipinski definition) is 1. The number of hydrogen-bond acceptors (Lipinski definition) is 2. The van der Waals surface area contributed by atoms with Gasteiger partial charge in [0.15, 0.2) is 0 Å². The number of amides is 1. The normalized spacial score (nSPS) is 10.6. The Morgan fingerprint density at radius 3 is 3.00 bits per heavy atom. The molecule has 0 spiro atoms. The lowest BCUT2D eigenvalue weighted by Gasteiger charge is -2.07. The maximum atomic E-state index is 13.5. The third kappa shape index (κ3) is 4.97. The van der Waals surface area contributed by atoms with Gasteiger partial charge in [-0.05, 0) is 42.7 Å². The van der Waals surface area contributed by atoms with E-state index in [-0.39, 0.29) is 11.7 Å². The Morgan fingerprint density at radius 2 is 2.29 bits per heavy atom. The van der Waals surface area contributed by atoms with Crippen LogP contribution in [0.5, 0.6) is 0 Å². The van der Waals surface area contributed by atoms with Gasteiger partial charge in [0.05, 0.1) is 6.20 Å². The molecule has 0 aliphatic rings. The zero-order valence-corrected chi connectivity index (χ0v) is 13.4. The van der Waals surface area contributed by atoms with Gasteiger partial charge in [-0.15, -0.1) is 0 Å². The molecule has 1 aromatic heterocycles. The molecular weight excluding hydrogens is 337 g/mol. The van der Waals surface area contributed by atoms with Gasteiger partial charge in [0.1, 0.15) is 5.82 Å². The second-order valence-corrected chi connectivity index (χ2v) is 5.78. The van der Waals surface area contributed by atoms with Gasteiger partial charge in [0.2, 0.25) is 5.91 Å². The van der Waals surface area contributed by atoms with Gasteiger partial charge in [-0.1, -0.05) is 15.9 Å². The first-order chi connectivity index (χ1) is 10.0. The molecule has 0 fully saturated rings. The van der Waals surface area contributed by atoms with Crippen LogP contribution in [0.4, 0.5) is 4.39 Å². The van der Waals surface area contributed by atoms with Crippen molar-refractivity contribution in [2.75, 3.05) is 6.54 Å². The number of nitrogens with zero attached hydrogens (tertiary/aromatic N) is 2. The molecule has 112 valence electrons. The van der Waals surface area contributed by atoms with E-state index in [4.69, 9.17) is 0 Å². The predicted molar refractivity (Wildman–Crippen MR) is 82.4 cm³/mol. The van der Waals surface area contributed by atoms with Crippen molar-refractivity contribution in [2.45, 2.75) is 26.3 Å². The van der Waals surface area contributed by atoms with Gasteiger partial charge >= 0.3 is 0 Å². The Morgan fingerprint density at radius 1 is 1.48 bits per heavy atom. The summed E-state index contributed by atoms with van der Waals surface area (Å²) in [4.78, 5) is 11.7. The molecule has 0 bridgehead atoms. The van der Waals surface area contributed by atoms with E-state index in [1.165, 1.54) is 6.07 Å². The van der Waals surface area contributed by atoms with E-state index >= 15 is 0 Å². The minimum Gasteiger partial charge on any atom is -0.356 e. The molecule has 0 saturated heterocycles. The number of halogens is 2. The van der Waals surface area contributed by atoms with Crippen LogP contribution in [0.15, 0.2) is 35.1 Å². The third-order valence-electron chi connectivity index (χ3n) is 3.05. The summed E-state index contributed by atoms with van der Waals surface area (Å²) >= 11 is 3.31. The van der Waals surface area contributed by atoms with Gasteiger partial charge in [-0.3, -0.25) is 9.48 Å². The van der Waals surface area contributed by atoms with Gasteiger partial charge in [-0.25, -0.2) is 4.39 Å². The van der Waals surface area contributed by atoms with Crippen LogP contribution in [-0.2, 0) is 17.8 Å². The molecule has 0 unspecified atom stereocenters. The lowest BCUT2D eigenvalue weighted by molar-refractivity contribution is -0.121. The first kappa shape index (κ1) is 15.7. The fraction of sp³-hybridized carbons (Fsp3) is 0.333. The topological polar surface area (TPSA) is 46.9 Å². The highest BCUT2D eigenvalue weighted by atomic mass is 79.9. The zero-order chi connectivity index (χ0) is 15.2. The Balaban J connectivity index is 1.73. The minimum absolute atomic E-state index is 0.0569. The van der Waals surface area contributed by atoms with Gasteiger partial charge in [-0.2, -0.15) is 5.10 Å². The molecular formula is C15H17BrFN3O. The van der Waals surface area contributed by atoms with Crippen molar-refractivity contribution >= 4 is 21.8 Å². The zero-order valence-electron chi connectivity index (χ0n) is 11.8. The Kier molecular flexibility index (Phi) is 5.50. The third-order valence-corrected chi connectivity index (χ3v) is 3.55. The van der Waals surface area contributed by atoms with Gasteiger partial charge < -0.3 is 5.32 Å². The van der Waals surface area contributed by atoms with Crippen LogP contribution in [-0.4, -0.2) is 22.2 Å². The molecule has 2 aromatic rings. The second kappa shape index (κ2) is 7.36. The van der Waals surface area contributed by atoms with Crippen molar-refractivity contribution in [1.29, 1.82) is 0 Å². The average molecular weight is 354 g/mol. The fourth-order valence-electron chi connectivity index (χ4n) is 1.97. The van der Waals surface area contributed by atoms with Crippen molar-refractivity contribution in [1.82, 2.24) is 15.1 Å². The number of aryl methyl sites for hydroxylation is 2. The van der Waals surface area contributed by atoms with Crippen molar-refractivity contribution in [2.24, 2.45) is 0 Å². The van der Waals surface area contributed by atoms with Gasteiger partial charge in [0, 0.05) is 30.2 Å². The molecule has 1 amide bonds. The maximum Gasteiger partial charge on any atom is 0.221 e. The summed E-state index contributed by atoms with van der Waals surface area (Å²) < 4.78 is 16.1. The van der Waals surface area contributed by atoms with Crippen LogP contribution >= 0.6 is 15.9 Å². The number of aromatic nitrogens is 2. The highest BCUT2D eigenvalue weighted by Gasteiger charge is 2.05. The molecule has 0 radical (unpaired) electrons. The van der Waals surface area contributed by atoms with Crippen molar-refractivity contribution in [3.8, 4) is 0 Å². The minimum atomic E-state index is -0.250. The Bertz CT molecular complexity index is 627. The first-order valence-electron chi connectivity index (χ1n) is 6.74. The molecule has 0 saturated carbocycles. The molecule has 1 aromatic carbocycles. The number of nitrogens with one attached hydrogen (secondary N) is 1. The van der Waals surface area contributed by atoms with Crippen molar-refractivity contribution < 1.29 is 9.18 Å². The maximum absolute atomic E-state index is 13.5. The molecule has 1 N–H and O–H groups in total. The molecule has 4 nitrogen and oxygen atoms in total. The molecule has 2 rings (SSSR count). The van der Waals surface area contributed by atoms with Gasteiger partial charge in [0.25, 0.3) is 0 Å². The lowest BCUT2D eigenvalue weighted by Crippen LogP contribution is -2.26. The summed E-state index contributed by atoms with van der Waals surface area (Å²) in [5.74, 6) is -0.307. The predicted octanol–water partition coefficient (Wildman–Crippen LogP) is 2.84. The number of rotatable bonds is 6. The van der Waals surface area contributed by atoms with E-state index in [1.54, 1.807) is 23.0 Å². The first-order valence-corrected chi connectivity index (χ1v) is 7.53. The standard InChI is InChI=1S/C15H17BrFN3O/c1-11-9-19-20(10-11)7-5-15(21)18-6-4-12-8-13(16)2-3-14(12)17/h2-3,8-10H,4-7H2,1H3,(H,18,21). The summed E-state index contributed by atoms with van der Waals surface area (Å²) in [6.07, 6.45) is 4.48. The van der Waals surface area contributed by atoms with Crippen molar-refractivity contribution in [3.63, 3.8) is 0 Å². The van der Waals surface area contributed by atoms with Crippen LogP contribution in [0.1, 0.15) is 17.5 Å². The highest BCUT2D eigenvalue weighted by Crippen LogP contribution is 2.15. The lowest BCUT2D eigenvalue weighted by atomic mass is 10.1. The second-order valence-electron chi connectivity index (χ2n) is 4.87. The monoisotopic (exact) mass is 353 g/mol. The fourth-order valence-corrected chi connectivity index (χ4v) is 2.37. The molecule has 1 heterocycles.